The molecule has 48 heavy (non-hydrogen) atoms. The number of esters is 2. The lowest BCUT2D eigenvalue weighted by Gasteiger charge is -2.20. The van der Waals surface area contributed by atoms with E-state index in [0.717, 1.165) is 64.2 Å². The van der Waals surface area contributed by atoms with E-state index in [-0.39, 0.29) is 19.4 Å². The van der Waals surface area contributed by atoms with Crippen molar-refractivity contribution < 1.29 is 47.5 Å². The Labute approximate surface area is 290 Å². The third-order valence-electron chi connectivity index (χ3n) is 7.67. The van der Waals surface area contributed by atoms with Crippen LogP contribution in [0.4, 0.5) is 0 Å². The van der Waals surface area contributed by atoms with Crippen LogP contribution in [0, 0.1) is 0 Å². The standard InChI is InChI=1S/C36H66NO10P/c1-3-5-7-9-11-13-15-16-18-19-21-23-25-27-34(38)44-29-32(30-45-48(42,43)46-31-33(37)36(40)41)47-35(39)28-26-24-22-20-17-14-12-10-8-6-4-2/h10,12,16,18,32-33H,3-9,11,13-15,17,19-31,37H2,1-2H3,(H,40,41)(H,42,43)/b12-10+,18-16+/t32-,33+/m1/s1. The van der Waals surface area contributed by atoms with Gasteiger partial charge in [-0.25, -0.2) is 4.57 Å². The number of carboxylic acids is 1. The van der Waals surface area contributed by atoms with E-state index in [9.17, 15) is 23.8 Å². The minimum atomic E-state index is -4.71. The Kier molecular flexibility index (Phi) is 30.8. The molecule has 0 rings (SSSR count). The van der Waals surface area contributed by atoms with Gasteiger partial charge < -0.3 is 25.2 Å². The van der Waals surface area contributed by atoms with Crippen LogP contribution >= 0.6 is 7.82 Å². The predicted octanol–water partition coefficient (Wildman–Crippen LogP) is 8.72. The molecule has 0 saturated heterocycles. The van der Waals surface area contributed by atoms with Crippen molar-refractivity contribution in [3.8, 4) is 0 Å². The molecule has 0 aliphatic rings. The molecule has 0 aliphatic carbocycles. The molecular weight excluding hydrogens is 637 g/mol. The number of phosphoric acid groups is 1. The molecule has 280 valence electrons. The Balaban J connectivity index is 4.50. The van der Waals surface area contributed by atoms with Crippen LogP contribution in [0.3, 0.4) is 0 Å². The number of hydrogen-bond acceptors (Lipinski definition) is 9. The summed E-state index contributed by atoms with van der Waals surface area (Å²) in [6.45, 7) is 2.70. The van der Waals surface area contributed by atoms with E-state index in [2.05, 4.69) is 42.7 Å². The van der Waals surface area contributed by atoms with Crippen LogP contribution in [-0.2, 0) is 37.5 Å². The quantitative estimate of drug-likeness (QED) is 0.0253. The first-order valence-electron chi connectivity index (χ1n) is 18.4. The molecule has 0 spiro atoms. The van der Waals surface area contributed by atoms with Crippen LogP contribution in [0.5, 0.6) is 0 Å². The van der Waals surface area contributed by atoms with Crippen molar-refractivity contribution in [3.05, 3.63) is 24.3 Å². The van der Waals surface area contributed by atoms with Gasteiger partial charge in [0.25, 0.3) is 0 Å². The second-order valence-corrected chi connectivity index (χ2v) is 13.8. The molecule has 11 nitrogen and oxygen atoms in total. The SMILES string of the molecule is CCCC/C=C/CCCCCCCC(=O)O[C@H](COC(=O)CCCCC/C=C/CCCCCCCC)COP(=O)(O)OC[C@H](N)C(=O)O. The fourth-order valence-corrected chi connectivity index (χ4v) is 5.46. The van der Waals surface area contributed by atoms with Gasteiger partial charge in [0, 0.05) is 12.8 Å². The summed E-state index contributed by atoms with van der Waals surface area (Å²) in [5.41, 5.74) is 5.30. The summed E-state index contributed by atoms with van der Waals surface area (Å²) in [6.07, 6.45) is 29.7. The second kappa shape index (κ2) is 32.2. The van der Waals surface area contributed by atoms with Crippen molar-refractivity contribution in [1.82, 2.24) is 0 Å². The monoisotopic (exact) mass is 703 g/mol. The molecule has 0 aromatic heterocycles. The molecule has 0 saturated carbocycles. The Morgan fingerprint density at radius 1 is 0.625 bits per heavy atom. The minimum Gasteiger partial charge on any atom is -0.480 e. The molecule has 4 N–H and O–H groups in total. The van der Waals surface area contributed by atoms with E-state index in [1.54, 1.807) is 0 Å². The van der Waals surface area contributed by atoms with Crippen molar-refractivity contribution in [3.63, 3.8) is 0 Å². The lowest BCUT2D eigenvalue weighted by atomic mass is 10.1. The number of carbonyl (C=O) groups excluding carboxylic acids is 2. The second-order valence-electron chi connectivity index (χ2n) is 12.3. The normalized spacial score (nSPS) is 14.2. The highest BCUT2D eigenvalue weighted by molar-refractivity contribution is 7.47. The number of carboxylic acid groups (broad SMARTS) is 1. The third-order valence-corrected chi connectivity index (χ3v) is 8.62. The van der Waals surface area contributed by atoms with E-state index in [1.807, 2.05) is 0 Å². The number of allylic oxidation sites excluding steroid dienone is 4. The molecule has 0 aromatic carbocycles. The first-order chi connectivity index (χ1) is 23.1. The molecule has 0 fully saturated rings. The van der Waals surface area contributed by atoms with Crippen LogP contribution in [0.25, 0.3) is 0 Å². The van der Waals surface area contributed by atoms with Crippen LogP contribution in [-0.4, -0.2) is 59.9 Å². The molecule has 0 aromatic rings. The van der Waals surface area contributed by atoms with Crippen molar-refractivity contribution >= 4 is 25.7 Å². The fourth-order valence-electron chi connectivity index (χ4n) is 4.69. The molecule has 0 heterocycles. The van der Waals surface area contributed by atoms with E-state index in [0.29, 0.717) is 12.8 Å². The van der Waals surface area contributed by atoms with Crippen LogP contribution < -0.4 is 5.73 Å². The number of carbonyl (C=O) groups is 3. The minimum absolute atomic E-state index is 0.148. The van der Waals surface area contributed by atoms with Crippen molar-refractivity contribution in [1.29, 1.82) is 0 Å². The van der Waals surface area contributed by atoms with E-state index < -0.39 is 51.1 Å². The van der Waals surface area contributed by atoms with Gasteiger partial charge in [-0.3, -0.25) is 23.4 Å². The first kappa shape index (κ1) is 46.0. The van der Waals surface area contributed by atoms with Gasteiger partial charge in [0.1, 0.15) is 12.6 Å². The largest absolute Gasteiger partial charge is 0.480 e. The Morgan fingerprint density at radius 3 is 1.60 bits per heavy atom. The van der Waals surface area contributed by atoms with Crippen LogP contribution in [0.2, 0.25) is 0 Å². The summed E-state index contributed by atoms with van der Waals surface area (Å²) >= 11 is 0. The van der Waals surface area contributed by atoms with Gasteiger partial charge in [0.05, 0.1) is 13.2 Å². The molecular formula is C36H66NO10P. The van der Waals surface area contributed by atoms with Gasteiger partial charge in [0.15, 0.2) is 6.10 Å². The average Bonchev–Trinajstić information content (AvgIpc) is 3.05. The number of phosphoric ester groups is 1. The summed E-state index contributed by atoms with van der Waals surface area (Å²) in [5.74, 6) is -2.41. The number of aliphatic carboxylic acids is 1. The van der Waals surface area contributed by atoms with Gasteiger partial charge in [-0.05, 0) is 57.8 Å². The Bertz CT molecular complexity index is 926. The third kappa shape index (κ3) is 31.2. The average molecular weight is 704 g/mol. The smallest absolute Gasteiger partial charge is 0.472 e. The number of rotatable bonds is 34. The topological polar surface area (TPSA) is 172 Å². The van der Waals surface area contributed by atoms with Gasteiger partial charge >= 0.3 is 25.7 Å². The molecule has 0 bridgehead atoms. The summed E-state index contributed by atoms with van der Waals surface area (Å²) in [7, 11) is -4.71. The zero-order chi connectivity index (χ0) is 35.7. The van der Waals surface area contributed by atoms with Gasteiger partial charge in [0.2, 0.25) is 0 Å². The summed E-state index contributed by atoms with van der Waals surface area (Å²) in [6, 6.07) is -1.52. The summed E-state index contributed by atoms with van der Waals surface area (Å²) in [5, 5.41) is 8.84. The number of unbranched alkanes of at least 4 members (excludes halogenated alkanes) is 16. The maximum absolute atomic E-state index is 12.5. The van der Waals surface area contributed by atoms with Gasteiger partial charge in [-0.2, -0.15) is 0 Å². The highest BCUT2D eigenvalue weighted by atomic mass is 31.2. The Morgan fingerprint density at radius 2 is 1.06 bits per heavy atom. The molecule has 12 heteroatoms. The number of nitrogens with two attached hydrogens (primary N) is 1. The molecule has 1 unspecified atom stereocenters. The number of ether oxygens (including phenoxy) is 2. The maximum atomic E-state index is 12.5. The van der Waals surface area contributed by atoms with E-state index >= 15 is 0 Å². The molecule has 0 aliphatic heterocycles. The first-order valence-corrected chi connectivity index (χ1v) is 19.9. The van der Waals surface area contributed by atoms with E-state index in [1.165, 1.54) is 51.4 Å². The summed E-state index contributed by atoms with van der Waals surface area (Å²) < 4.78 is 32.5. The van der Waals surface area contributed by atoms with Gasteiger partial charge in [-0.1, -0.05) is 109 Å². The highest BCUT2D eigenvalue weighted by Crippen LogP contribution is 2.43. The Hall–Kier alpha value is -2.04. The highest BCUT2D eigenvalue weighted by Gasteiger charge is 2.28. The maximum Gasteiger partial charge on any atom is 0.472 e. The van der Waals surface area contributed by atoms with Crippen LogP contribution in [0.1, 0.15) is 155 Å². The van der Waals surface area contributed by atoms with E-state index in [4.69, 9.17) is 24.8 Å². The molecule has 0 amide bonds. The molecule has 3 atom stereocenters. The van der Waals surface area contributed by atoms with Crippen molar-refractivity contribution in [2.75, 3.05) is 19.8 Å². The number of hydrogen-bond donors (Lipinski definition) is 3. The lowest BCUT2D eigenvalue weighted by molar-refractivity contribution is -0.161. The zero-order valence-corrected chi connectivity index (χ0v) is 30.7. The molecule has 0 radical (unpaired) electrons. The van der Waals surface area contributed by atoms with Gasteiger partial charge in [-0.15, -0.1) is 0 Å². The lowest BCUT2D eigenvalue weighted by Crippen LogP contribution is -2.34. The fraction of sp³-hybridized carbons (Fsp3) is 0.806. The van der Waals surface area contributed by atoms with Crippen molar-refractivity contribution in [2.45, 2.75) is 167 Å². The summed E-state index contributed by atoms with van der Waals surface area (Å²) in [4.78, 5) is 45.6. The zero-order valence-electron chi connectivity index (χ0n) is 29.8. The van der Waals surface area contributed by atoms with Crippen LogP contribution in [0.15, 0.2) is 24.3 Å². The predicted molar refractivity (Wildman–Crippen MR) is 189 cm³/mol. The van der Waals surface area contributed by atoms with Crippen molar-refractivity contribution in [2.24, 2.45) is 5.73 Å².